The number of aryl methyl sites for hydroxylation is 1. The van der Waals surface area contributed by atoms with Gasteiger partial charge in [-0.1, -0.05) is 36.8 Å². The van der Waals surface area contributed by atoms with Gasteiger partial charge in [0.2, 0.25) is 21.8 Å². The molecule has 2 aromatic rings. The summed E-state index contributed by atoms with van der Waals surface area (Å²) in [7, 11) is -0.948. The van der Waals surface area contributed by atoms with Crippen LogP contribution in [0.4, 0.5) is 0 Å². The Morgan fingerprint density at radius 2 is 1.76 bits per heavy atom. The Labute approximate surface area is 196 Å². The first-order chi connectivity index (χ1) is 15.6. The molecule has 2 amide bonds. The summed E-state index contributed by atoms with van der Waals surface area (Å²) >= 11 is 0. The molecule has 0 saturated heterocycles. The van der Waals surface area contributed by atoms with E-state index in [9.17, 15) is 18.0 Å². The van der Waals surface area contributed by atoms with Crippen molar-refractivity contribution in [1.29, 1.82) is 0 Å². The van der Waals surface area contributed by atoms with Crippen LogP contribution >= 0.6 is 0 Å². The molecule has 9 heteroatoms. The smallest absolute Gasteiger partial charge is 0.243 e. The topological polar surface area (TPSA) is 96.0 Å². The van der Waals surface area contributed by atoms with E-state index in [2.05, 4.69) is 5.32 Å². The zero-order chi connectivity index (χ0) is 24.6. The van der Waals surface area contributed by atoms with Crippen LogP contribution in [0.5, 0.6) is 5.75 Å². The average molecular weight is 476 g/mol. The Bertz CT molecular complexity index is 1050. The lowest BCUT2D eigenvalue weighted by Crippen LogP contribution is -2.51. The van der Waals surface area contributed by atoms with Crippen molar-refractivity contribution in [3.63, 3.8) is 0 Å². The average Bonchev–Trinajstić information content (AvgIpc) is 2.79. The lowest BCUT2D eigenvalue weighted by molar-refractivity contribution is -0.141. The van der Waals surface area contributed by atoms with Crippen LogP contribution in [0, 0.1) is 6.92 Å². The molecule has 0 aliphatic carbocycles. The van der Waals surface area contributed by atoms with Gasteiger partial charge in [0, 0.05) is 20.1 Å². The molecular weight excluding hydrogens is 442 g/mol. The van der Waals surface area contributed by atoms with Crippen molar-refractivity contribution < 1.29 is 22.7 Å². The maximum atomic E-state index is 13.4. The molecule has 0 fully saturated rings. The fourth-order valence-electron chi connectivity index (χ4n) is 3.44. The minimum Gasteiger partial charge on any atom is -0.497 e. The highest BCUT2D eigenvalue weighted by atomic mass is 32.2. The monoisotopic (exact) mass is 475 g/mol. The Balaban J connectivity index is 2.33. The van der Waals surface area contributed by atoms with Crippen molar-refractivity contribution in [3.8, 4) is 5.75 Å². The number of amides is 2. The lowest BCUT2D eigenvalue weighted by Gasteiger charge is -2.32. The zero-order valence-electron chi connectivity index (χ0n) is 19.9. The predicted octanol–water partition coefficient (Wildman–Crippen LogP) is 2.57. The van der Waals surface area contributed by atoms with Gasteiger partial charge in [-0.25, -0.2) is 8.42 Å². The van der Waals surface area contributed by atoms with Gasteiger partial charge in [-0.05, 0) is 50.1 Å². The van der Waals surface area contributed by atoms with Crippen molar-refractivity contribution in [1.82, 2.24) is 14.5 Å². The van der Waals surface area contributed by atoms with Crippen LogP contribution < -0.4 is 10.1 Å². The highest BCUT2D eigenvalue weighted by Crippen LogP contribution is 2.19. The second-order valence-electron chi connectivity index (χ2n) is 7.77. The summed E-state index contributed by atoms with van der Waals surface area (Å²) in [5.41, 5.74) is 1.71. The molecular formula is C24H33N3O5S. The molecule has 8 nitrogen and oxygen atoms in total. The van der Waals surface area contributed by atoms with E-state index in [-0.39, 0.29) is 17.3 Å². The molecule has 0 saturated carbocycles. The van der Waals surface area contributed by atoms with Gasteiger partial charge in [-0.2, -0.15) is 4.31 Å². The lowest BCUT2D eigenvalue weighted by atomic mass is 10.1. The molecule has 2 aromatic carbocycles. The van der Waals surface area contributed by atoms with Gasteiger partial charge in [-0.3, -0.25) is 9.59 Å². The number of hydrogen-bond donors (Lipinski definition) is 1. The van der Waals surface area contributed by atoms with Gasteiger partial charge >= 0.3 is 0 Å². The first kappa shape index (κ1) is 26.3. The number of methoxy groups -OCH3 is 1. The molecule has 2 rings (SSSR count). The van der Waals surface area contributed by atoms with Gasteiger partial charge < -0.3 is 15.0 Å². The van der Waals surface area contributed by atoms with Crippen molar-refractivity contribution in [2.75, 3.05) is 27.2 Å². The quantitative estimate of drug-likeness (QED) is 0.539. The van der Waals surface area contributed by atoms with Crippen LogP contribution in [-0.2, 0) is 26.2 Å². The Kier molecular flexibility index (Phi) is 9.43. The van der Waals surface area contributed by atoms with Gasteiger partial charge in [0.05, 0.1) is 18.6 Å². The third-order valence-electron chi connectivity index (χ3n) is 5.31. The first-order valence-corrected chi connectivity index (χ1v) is 12.3. The number of sulfonamides is 1. The molecule has 0 unspecified atom stereocenters. The largest absolute Gasteiger partial charge is 0.497 e. The number of carbonyl (C=O) groups is 2. The van der Waals surface area contributed by atoms with Gasteiger partial charge in [-0.15, -0.1) is 0 Å². The molecule has 0 spiro atoms. The van der Waals surface area contributed by atoms with Gasteiger partial charge in [0.15, 0.2) is 0 Å². The van der Waals surface area contributed by atoms with Crippen LogP contribution in [0.15, 0.2) is 53.4 Å². The summed E-state index contributed by atoms with van der Waals surface area (Å²) in [4.78, 5) is 27.6. The molecule has 0 aliphatic heterocycles. The van der Waals surface area contributed by atoms with Crippen LogP contribution in [0.1, 0.15) is 31.4 Å². The third-order valence-corrected chi connectivity index (χ3v) is 7.13. The van der Waals surface area contributed by atoms with Crippen LogP contribution in [-0.4, -0.2) is 62.7 Å². The minimum absolute atomic E-state index is 0.110. The summed E-state index contributed by atoms with van der Waals surface area (Å²) in [6, 6.07) is 12.9. The molecule has 0 radical (unpaired) electrons. The molecule has 1 N–H and O–H groups in total. The van der Waals surface area contributed by atoms with Crippen LogP contribution in [0.3, 0.4) is 0 Å². The Hall–Kier alpha value is -2.91. The predicted molar refractivity (Wildman–Crippen MR) is 127 cm³/mol. The molecule has 0 aromatic heterocycles. The number of benzene rings is 2. The summed E-state index contributed by atoms with van der Waals surface area (Å²) < 4.78 is 32.2. The van der Waals surface area contributed by atoms with E-state index in [4.69, 9.17) is 4.74 Å². The molecule has 1 atom stereocenters. The zero-order valence-corrected chi connectivity index (χ0v) is 20.7. The fourth-order valence-corrected chi connectivity index (χ4v) is 4.56. The number of hydrogen-bond acceptors (Lipinski definition) is 5. The van der Waals surface area contributed by atoms with E-state index in [0.29, 0.717) is 18.7 Å². The molecule has 0 aliphatic rings. The summed E-state index contributed by atoms with van der Waals surface area (Å²) in [5.74, 6) is -0.112. The summed E-state index contributed by atoms with van der Waals surface area (Å²) in [6.45, 7) is 5.67. The van der Waals surface area contributed by atoms with E-state index >= 15 is 0 Å². The van der Waals surface area contributed by atoms with Crippen molar-refractivity contribution >= 4 is 21.8 Å². The molecule has 180 valence electrons. The van der Waals surface area contributed by atoms with E-state index in [1.807, 2.05) is 19.9 Å². The highest BCUT2D eigenvalue weighted by molar-refractivity contribution is 7.89. The molecule has 33 heavy (non-hydrogen) atoms. The number of rotatable bonds is 11. The van der Waals surface area contributed by atoms with Crippen LogP contribution in [0.2, 0.25) is 0 Å². The highest BCUT2D eigenvalue weighted by Gasteiger charge is 2.31. The number of ether oxygens (including phenoxy) is 1. The van der Waals surface area contributed by atoms with E-state index in [0.717, 1.165) is 15.4 Å². The van der Waals surface area contributed by atoms with Crippen LogP contribution in [0.25, 0.3) is 0 Å². The minimum atomic E-state index is -3.87. The van der Waals surface area contributed by atoms with E-state index in [1.165, 1.54) is 24.1 Å². The summed E-state index contributed by atoms with van der Waals surface area (Å²) in [6.07, 6.45) is 0.385. The Morgan fingerprint density at radius 1 is 1.09 bits per heavy atom. The number of carbonyl (C=O) groups excluding carboxylic acids is 2. The van der Waals surface area contributed by atoms with Gasteiger partial charge in [0.1, 0.15) is 11.8 Å². The number of nitrogens with zero attached hydrogens (tertiary/aromatic N) is 2. The SMILES string of the molecule is CCNC(=O)[C@@H](CC)N(Cc1cccc(OC)c1)C(=O)CN(C)S(=O)(=O)c1ccc(C)cc1. The maximum Gasteiger partial charge on any atom is 0.243 e. The second-order valence-corrected chi connectivity index (χ2v) is 9.81. The first-order valence-electron chi connectivity index (χ1n) is 10.9. The van der Waals surface area contributed by atoms with Crippen molar-refractivity contribution in [2.45, 2.75) is 44.7 Å². The van der Waals surface area contributed by atoms with E-state index < -0.39 is 28.5 Å². The number of likely N-dealkylation sites (N-methyl/N-ethyl adjacent to an activating group) is 2. The van der Waals surface area contributed by atoms with Crippen molar-refractivity contribution in [2.24, 2.45) is 0 Å². The standard InChI is InChI=1S/C24H33N3O5S/c1-6-22(24(29)25-7-2)27(16-19-9-8-10-20(15-19)32-5)23(28)17-26(4)33(30,31)21-13-11-18(3)12-14-21/h8-15,22H,6-7,16-17H2,1-5H3,(H,25,29)/t22-/m1/s1. The third kappa shape index (κ3) is 6.79. The fraction of sp³-hybridized carbons (Fsp3) is 0.417. The molecule has 0 heterocycles. The summed E-state index contributed by atoms with van der Waals surface area (Å²) in [5, 5.41) is 2.77. The Morgan fingerprint density at radius 3 is 2.33 bits per heavy atom. The molecule has 0 bridgehead atoms. The maximum absolute atomic E-state index is 13.4. The van der Waals surface area contributed by atoms with Crippen molar-refractivity contribution in [3.05, 3.63) is 59.7 Å². The second kappa shape index (κ2) is 11.8. The van der Waals surface area contributed by atoms with Gasteiger partial charge in [0.25, 0.3) is 0 Å². The normalized spacial score (nSPS) is 12.3. The van der Waals surface area contributed by atoms with E-state index in [1.54, 1.807) is 44.4 Å². The number of nitrogens with one attached hydrogen (secondary N) is 1.